The summed E-state index contributed by atoms with van der Waals surface area (Å²) in [5.74, 6) is 0.929. The summed E-state index contributed by atoms with van der Waals surface area (Å²) in [6.45, 7) is 4.94. The van der Waals surface area contributed by atoms with Crippen molar-refractivity contribution in [2.24, 2.45) is 0 Å². The first-order chi connectivity index (χ1) is 12.8. The Bertz CT molecular complexity index is 783. The highest BCUT2D eigenvalue weighted by molar-refractivity contribution is 5.64. The minimum absolute atomic E-state index is 0.704. The zero-order chi connectivity index (χ0) is 18.2. The van der Waals surface area contributed by atoms with Crippen molar-refractivity contribution in [2.45, 2.75) is 39.5 Å². The molecule has 0 aliphatic heterocycles. The van der Waals surface area contributed by atoms with Crippen molar-refractivity contribution in [3.63, 3.8) is 0 Å². The van der Waals surface area contributed by atoms with Gasteiger partial charge in [0, 0.05) is 0 Å². The molecule has 0 radical (unpaired) electrons. The Morgan fingerprint density at radius 2 is 0.962 bits per heavy atom. The molecule has 1 heteroatoms. The average Bonchev–Trinajstić information content (AvgIpc) is 2.69. The zero-order valence-corrected chi connectivity index (χ0v) is 15.9. The SMILES string of the molecule is CCCc1ccc(CCc2ccc(-c3ccc(OCC)cc3)cc2)cc1. The predicted molar refractivity (Wildman–Crippen MR) is 111 cm³/mol. The summed E-state index contributed by atoms with van der Waals surface area (Å²) in [4.78, 5) is 0. The van der Waals surface area contributed by atoms with Crippen LogP contribution in [0.2, 0.25) is 0 Å². The van der Waals surface area contributed by atoms with Crippen LogP contribution in [-0.2, 0) is 19.3 Å². The smallest absolute Gasteiger partial charge is 0.119 e. The first kappa shape index (κ1) is 18.3. The van der Waals surface area contributed by atoms with E-state index in [0.717, 1.165) is 18.6 Å². The second-order valence-corrected chi connectivity index (χ2v) is 6.72. The largest absolute Gasteiger partial charge is 0.494 e. The van der Waals surface area contributed by atoms with E-state index in [1.54, 1.807) is 0 Å². The molecule has 0 heterocycles. The molecule has 1 nitrogen and oxygen atoms in total. The van der Waals surface area contributed by atoms with E-state index in [0.29, 0.717) is 6.61 Å². The topological polar surface area (TPSA) is 9.23 Å². The van der Waals surface area contributed by atoms with Gasteiger partial charge in [-0.15, -0.1) is 0 Å². The van der Waals surface area contributed by atoms with E-state index in [2.05, 4.69) is 67.6 Å². The van der Waals surface area contributed by atoms with Crippen LogP contribution in [0, 0.1) is 0 Å². The Morgan fingerprint density at radius 1 is 0.538 bits per heavy atom. The Hall–Kier alpha value is -2.54. The van der Waals surface area contributed by atoms with Gasteiger partial charge in [-0.25, -0.2) is 0 Å². The lowest BCUT2D eigenvalue weighted by atomic mass is 9.99. The number of rotatable bonds is 8. The molecule has 0 bridgehead atoms. The molecule has 0 unspecified atom stereocenters. The van der Waals surface area contributed by atoms with Gasteiger partial charge in [-0.3, -0.25) is 0 Å². The van der Waals surface area contributed by atoms with E-state index in [4.69, 9.17) is 4.74 Å². The van der Waals surface area contributed by atoms with Crippen molar-refractivity contribution in [2.75, 3.05) is 6.61 Å². The second kappa shape index (κ2) is 9.24. The molecule has 3 rings (SSSR count). The molecule has 0 amide bonds. The van der Waals surface area contributed by atoms with Crippen LogP contribution in [0.5, 0.6) is 5.75 Å². The molecule has 0 aliphatic carbocycles. The molecule has 0 spiro atoms. The molecule has 0 N–H and O–H groups in total. The summed E-state index contributed by atoms with van der Waals surface area (Å²) in [6.07, 6.45) is 4.55. The molecule has 26 heavy (non-hydrogen) atoms. The predicted octanol–water partition coefficient (Wildman–Crippen LogP) is 6.49. The van der Waals surface area contributed by atoms with E-state index >= 15 is 0 Å². The number of hydrogen-bond donors (Lipinski definition) is 0. The van der Waals surface area contributed by atoms with E-state index in [-0.39, 0.29) is 0 Å². The highest BCUT2D eigenvalue weighted by Crippen LogP contribution is 2.23. The number of ether oxygens (including phenoxy) is 1. The fourth-order valence-electron chi connectivity index (χ4n) is 3.22. The van der Waals surface area contributed by atoms with Gasteiger partial charge in [0.2, 0.25) is 0 Å². The first-order valence-electron chi connectivity index (χ1n) is 9.68. The number of benzene rings is 3. The van der Waals surface area contributed by atoms with Crippen molar-refractivity contribution in [3.05, 3.63) is 89.5 Å². The summed E-state index contributed by atoms with van der Waals surface area (Å²) in [7, 11) is 0. The van der Waals surface area contributed by atoms with Crippen molar-refractivity contribution in [3.8, 4) is 16.9 Å². The lowest BCUT2D eigenvalue weighted by Gasteiger charge is -2.07. The molecular formula is C25H28O. The third kappa shape index (κ3) is 4.98. The average molecular weight is 344 g/mol. The highest BCUT2D eigenvalue weighted by Gasteiger charge is 2.01. The van der Waals surface area contributed by atoms with Crippen LogP contribution in [-0.4, -0.2) is 6.61 Å². The van der Waals surface area contributed by atoms with Crippen LogP contribution in [0.3, 0.4) is 0 Å². The lowest BCUT2D eigenvalue weighted by molar-refractivity contribution is 0.340. The van der Waals surface area contributed by atoms with E-state index in [1.165, 1.54) is 40.7 Å². The number of aryl methyl sites for hydroxylation is 3. The Morgan fingerprint density at radius 3 is 1.42 bits per heavy atom. The Balaban J connectivity index is 1.58. The van der Waals surface area contributed by atoms with Crippen molar-refractivity contribution in [1.29, 1.82) is 0 Å². The van der Waals surface area contributed by atoms with Gasteiger partial charge in [0.05, 0.1) is 6.61 Å². The van der Waals surface area contributed by atoms with Crippen molar-refractivity contribution < 1.29 is 4.74 Å². The molecule has 0 saturated carbocycles. The quantitative estimate of drug-likeness (QED) is 0.454. The summed E-state index contributed by atoms with van der Waals surface area (Å²) in [5.41, 5.74) is 6.72. The van der Waals surface area contributed by atoms with Crippen LogP contribution in [0.15, 0.2) is 72.8 Å². The van der Waals surface area contributed by atoms with Crippen molar-refractivity contribution >= 4 is 0 Å². The molecule has 0 aromatic heterocycles. The molecule has 134 valence electrons. The highest BCUT2D eigenvalue weighted by atomic mass is 16.5. The van der Waals surface area contributed by atoms with Gasteiger partial charge in [0.1, 0.15) is 5.75 Å². The van der Waals surface area contributed by atoms with Gasteiger partial charge in [-0.2, -0.15) is 0 Å². The molecular weight excluding hydrogens is 316 g/mol. The van der Waals surface area contributed by atoms with Gasteiger partial charge >= 0.3 is 0 Å². The van der Waals surface area contributed by atoms with Gasteiger partial charge in [0.25, 0.3) is 0 Å². The minimum atomic E-state index is 0.704. The normalized spacial score (nSPS) is 10.7. The standard InChI is InChI=1S/C25H28O/c1-3-5-20-6-8-21(9-7-20)10-11-22-12-14-23(15-13-22)24-16-18-25(19-17-24)26-4-2/h6-9,12-19H,3-5,10-11H2,1-2H3. The maximum atomic E-state index is 5.51. The van der Waals surface area contributed by atoms with Gasteiger partial charge < -0.3 is 4.74 Å². The third-order valence-corrected chi connectivity index (χ3v) is 4.72. The van der Waals surface area contributed by atoms with Crippen LogP contribution in [0.4, 0.5) is 0 Å². The lowest BCUT2D eigenvalue weighted by Crippen LogP contribution is -1.93. The minimum Gasteiger partial charge on any atom is -0.494 e. The zero-order valence-electron chi connectivity index (χ0n) is 15.9. The Labute approximate surface area is 157 Å². The maximum absolute atomic E-state index is 5.51. The maximum Gasteiger partial charge on any atom is 0.119 e. The fraction of sp³-hybridized carbons (Fsp3) is 0.280. The van der Waals surface area contributed by atoms with Crippen molar-refractivity contribution in [1.82, 2.24) is 0 Å². The molecule has 3 aromatic rings. The van der Waals surface area contributed by atoms with Gasteiger partial charge in [-0.05, 0) is 66.1 Å². The van der Waals surface area contributed by atoms with Gasteiger partial charge in [-0.1, -0.05) is 74.0 Å². The molecule has 0 atom stereocenters. The second-order valence-electron chi connectivity index (χ2n) is 6.72. The first-order valence-corrected chi connectivity index (χ1v) is 9.68. The molecule has 0 fully saturated rings. The molecule has 0 saturated heterocycles. The van der Waals surface area contributed by atoms with E-state index in [1.807, 2.05) is 19.1 Å². The van der Waals surface area contributed by atoms with Gasteiger partial charge in [0.15, 0.2) is 0 Å². The summed E-state index contributed by atoms with van der Waals surface area (Å²) >= 11 is 0. The summed E-state index contributed by atoms with van der Waals surface area (Å²) in [6, 6.07) is 26.3. The fourth-order valence-corrected chi connectivity index (χ4v) is 3.22. The third-order valence-electron chi connectivity index (χ3n) is 4.72. The van der Waals surface area contributed by atoms with Crippen LogP contribution >= 0.6 is 0 Å². The number of hydrogen-bond acceptors (Lipinski definition) is 1. The van der Waals surface area contributed by atoms with Crippen LogP contribution in [0.1, 0.15) is 37.0 Å². The Kier molecular flexibility index (Phi) is 6.49. The summed E-state index contributed by atoms with van der Waals surface area (Å²) < 4.78 is 5.51. The summed E-state index contributed by atoms with van der Waals surface area (Å²) in [5, 5.41) is 0. The molecule has 3 aromatic carbocycles. The van der Waals surface area contributed by atoms with E-state index in [9.17, 15) is 0 Å². The van der Waals surface area contributed by atoms with Crippen LogP contribution in [0.25, 0.3) is 11.1 Å². The van der Waals surface area contributed by atoms with Crippen LogP contribution < -0.4 is 4.74 Å². The van der Waals surface area contributed by atoms with E-state index < -0.39 is 0 Å². The molecule has 0 aliphatic rings. The monoisotopic (exact) mass is 344 g/mol.